The number of amidine groups is 1. The van der Waals surface area contributed by atoms with Crippen molar-refractivity contribution in [1.82, 2.24) is 9.80 Å². The van der Waals surface area contributed by atoms with Crippen molar-refractivity contribution >= 4 is 40.4 Å². The van der Waals surface area contributed by atoms with Gasteiger partial charge in [-0.1, -0.05) is 29.8 Å². The van der Waals surface area contributed by atoms with Gasteiger partial charge in [-0.25, -0.2) is 4.99 Å². The van der Waals surface area contributed by atoms with Crippen LogP contribution in [-0.2, 0) is 4.79 Å². The van der Waals surface area contributed by atoms with Gasteiger partial charge in [0.1, 0.15) is 11.5 Å². The summed E-state index contributed by atoms with van der Waals surface area (Å²) in [4.78, 5) is 39.6. The number of halogens is 1. The van der Waals surface area contributed by atoms with Crippen molar-refractivity contribution in [1.29, 1.82) is 0 Å². The van der Waals surface area contributed by atoms with E-state index < -0.39 is 4.92 Å². The van der Waals surface area contributed by atoms with E-state index in [1.54, 1.807) is 24.4 Å². The molecule has 5 rings (SSSR count). The van der Waals surface area contributed by atoms with Crippen LogP contribution in [0, 0.1) is 10.1 Å². The van der Waals surface area contributed by atoms with Crippen molar-refractivity contribution in [2.75, 3.05) is 44.7 Å². The summed E-state index contributed by atoms with van der Waals surface area (Å²) >= 11 is 6.43. The summed E-state index contributed by atoms with van der Waals surface area (Å²) in [6.07, 6.45) is 1.81. The number of hydrogen-bond donors (Lipinski definition) is 0. The van der Waals surface area contributed by atoms with E-state index in [9.17, 15) is 14.9 Å². The average molecular weight is 505 g/mol. The molecule has 0 radical (unpaired) electrons. The van der Waals surface area contributed by atoms with E-state index in [2.05, 4.69) is 21.8 Å². The molecule has 2 aromatic rings. The van der Waals surface area contributed by atoms with E-state index in [4.69, 9.17) is 16.6 Å². The van der Waals surface area contributed by atoms with Gasteiger partial charge in [0.15, 0.2) is 0 Å². The molecule has 0 unspecified atom stereocenters. The molecular weight excluding hydrogens is 483 g/mol. The molecule has 170 valence electrons. The van der Waals surface area contributed by atoms with E-state index in [1.165, 1.54) is 17.0 Å². The van der Waals surface area contributed by atoms with Crippen LogP contribution in [0.25, 0.3) is 0 Å². The first-order valence-corrected chi connectivity index (χ1v) is 10.9. The van der Waals surface area contributed by atoms with E-state index in [0.717, 1.165) is 26.2 Å². The molecule has 1 saturated heterocycles. The molecule has 0 atom stereocenters. The van der Waals surface area contributed by atoms with Gasteiger partial charge in [-0.2, -0.15) is 0 Å². The molecule has 0 bridgehead atoms. The van der Waals surface area contributed by atoms with Crippen molar-refractivity contribution in [3.8, 4) is 0 Å². The van der Waals surface area contributed by atoms with Crippen molar-refractivity contribution in [3.05, 3.63) is 80.6 Å². The van der Waals surface area contributed by atoms with Gasteiger partial charge in [0.05, 0.1) is 22.9 Å². The second-order valence-electron chi connectivity index (χ2n) is 8.13. The molecule has 2 aromatic carbocycles. The predicted octanol–water partition coefficient (Wildman–Crippen LogP) is 0.0496. The normalized spacial score (nSPS) is 19.1. The maximum absolute atomic E-state index is 13.4. The largest absolute Gasteiger partial charge is 1.00 e. The molecule has 3 aliphatic heterocycles. The zero-order valence-corrected chi connectivity index (χ0v) is 22.8. The van der Waals surface area contributed by atoms with Gasteiger partial charge in [-0.05, 0) is 19.2 Å². The maximum Gasteiger partial charge on any atom is 1.00 e. The number of anilines is 1. The fourth-order valence-electron chi connectivity index (χ4n) is 4.17. The summed E-state index contributed by atoms with van der Waals surface area (Å²) in [6.45, 7) is 3.60. The average Bonchev–Trinajstić information content (AvgIpc) is 3.01. The van der Waals surface area contributed by atoms with E-state index >= 15 is 0 Å². The number of nitrogens with zero attached hydrogens (tertiary/aromatic N) is 6. The number of rotatable bonds is 3. The predicted molar refractivity (Wildman–Crippen MR) is 128 cm³/mol. The second kappa shape index (κ2) is 10.4. The van der Waals surface area contributed by atoms with Gasteiger partial charge in [0.25, 0.3) is 11.6 Å². The Morgan fingerprint density at radius 3 is 2.56 bits per heavy atom. The second-order valence-corrected chi connectivity index (χ2v) is 8.53. The number of non-ortho nitro benzene ring substituents is 1. The third-order valence-corrected chi connectivity index (χ3v) is 6.30. The van der Waals surface area contributed by atoms with Gasteiger partial charge in [-0.15, -0.1) is 0 Å². The number of likely N-dealkylation sites (N-methyl/N-ethyl adjacent to an activating group) is 1. The van der Waals surface area contributed by atoms with E-state index in [0.29, 0.717) is 39.1 Å². The first-order valence-electron chi connectivity index (χ1n) is 10.6. The minimum atomic E-state index is -0.463. The fraction of sp³-hybridized carbons (Fsp3) is 0.261. The minimum absolute atomic E-state index is 0. The van der Waals surface area contributed by atoms with Crippen LogP contribution in [0.2, 0.25) is 5.02 Å². The van der Waals surface area contributed by atoms with Crippen LogP contribution in [0.1, 0.15) is 12.6 Å². The molecule has 9 nitrogen and oxygen atoms in total. The fourth-order valence-corrected chi connectivity index (χ4v) is 4.40. The SMILES string of the molecule is CN1CCN(/C=C2\N=C3CN=C(c4ccccc4Cl)c4cc([N+](=O)[O-])ccc4N3C2=O)CC1.[H-].[K+]. The Morgan fingerprint density at radius 2 is 1.85 bits per heavy atom. The molecular formula is C23H22ClKN6O3. The van der Waals surface area contributed by atoms with Crippen LogP contribution < -0.4 is 56.3 Å². The summed E-state index contributed by atoms with van der Waals surface area (Å²) in [5.41, 5.74) is 2.36. The van der Waals surface area contributed by atoms with Gasteiger partial charge in [-0.3, -0.25) is 24.8 Å². The molecule has 0 spiro atoms. The van der Waals surface area contributed by atoms with Crippen molar-refractivity contribution in [3.63, 3.8) is 0 Å². The van der Waals surface area contributed by atoms with Gasteiger partial charge >= 0.3 is 51.4 Å². The Bertz CT molecular complexity index is 1260. The molecule has 11 heteroatoms. The number of benzene rings is 2. The van der Waals surface area contributed by atoms with E-state index in [-0.39, 0.29) is 71.0 Å². The van der Waals surface area contributed by atoms with Gasteiger partial charge < -0.3 is 11.2 Å². The first kappa shape index (κ1) is 25.2. The minimum Gasteiger partial charge on any atom is -1.00 e. The summed E-state index contributed by atoms with van der Waals surface area (Å²) in [6, 6.07) is 11.6. The summed E-state index contributed by atoms with van der Waals surface area (Å²) < 4.78 is 0. The number of fused-ring (bicyclic) bond motifs is 3. The molecule has 0 aliphatic carbocycles. The van der Waals surface area contributed by atoms with Crippen LogP contribution in [0.15, 0.2) is 64.3 Å². The number of carbonyl (C=O) groups excluding carboxylic acids is 1. The first-order chi connectivity index (χ1) is 15.9. The Kier molecular flexibility index (Phi) is 7.68. The number of carbonyl (C=O) groups is 1. The number of piperazine rings is 1. The molecule has 0 aromatic heterocycles. The summed E-state index contributed by atoms with van der Waals surface area (Å²) in [5, 5.41) is 12.0. The number of amides is 1. The van der Waals surface area contributed by atoms with Crippen LogP contribution in [-0.4, -0.2) is 71.9 Å². The third kappa shape index (κ3) is 4.76. The summed E-state index contributed by atoms with van der Waals surface area (Å²) in [5.74, 6) is 0.215. The Morgan fingerprint density at radius 1 is 1.12 bits per heavy atom. The smallest absolute Gasteiger partial charge is 1.00 e. The molecule has 34 heavy (non-hydrogen) atoms. The standard InChI is InChI=1S/C23H21ClN6O3.K.H/c1-27-8-10-28(11-9-27)14-19-23(31)29-20-7-6-15(30(32)33)12-17(20)22(25-13-21(29)26-19)16-4-2-3-5-18(16)24;;/h2-7,12,14H,8-11,13H2,1H3;;/q;+1;-1/b19-14-;;. The molecule has 0 saturated carbocycles. The van der Waals surface area contributed by atoms with Crippen molar-refractivity contribution < 1.29 is 62.5 Å². The van der Waals surface area contributed by atoms with Crippen molar-refractivity contribution in [2.45, 2.75) is 0 Å². The number of aliphatic imine (C=N–C) groups is 2. The quantitative estimate of drug-likeness (QED) is 0.255. The molecule has 1 amide bonds. The number of hydrogen-bond acceptors (Lipinski definition) is 7. The number of nitro benzene ring substituents is 1. The Balaban J connectivity index is 0.00000171. The topological polar surface area (TPSA) is 94.7 Å². The Hall–Kier alpha value is -1.92. The van der Waals surface area contributed by atoms with Crippen LogP contribution in [0.4, 0.5) is 11.4 Å². The summed E-state index contributed by atoms with van der Waals surface area (Å²) in [7, 11) is 2.07. The number of nitro groups is 1. The van der Waals surface area contributed by atoms with Crippen LogP contribution in [0.3, 0.4) is 0 Å². The van der Waals surface area contributed by atoms with Gasteiger partial charge in [0.2, 0.25) is 0 Å². The zero-order chi connectivity index (χ0) is 23.1. The van der Waals surface area contributed by atoms with Gasteiger partial charge in [0, 0.05) is 60.7 Å². The zero-order valence-electron chi connectivity index (χ0n) is 19.9. The maximum atomic E-state index is 13.4. The van der Waals surface area contributed by atoms with Crippen molar-refractivity contribution in [2.24, 2.45) is 9.98 Å². The monoisotopic (exact) mass is 504 g/mol. The Labute approximate surface area is 245 Å². The molecule has 3 aliphatic rings. The van der Waals surface area contributed by atoms with Crippen LogP contribution >= 0.6 is 11.6 Å². The third-order valence-electron chi connectivity index (χ3n) is 5.97. The van der Waals surface area contributed by atoms with Crippen LogP contribution in [0.5, 0.6) is 0 Å². The molecule has 1 fully saturated rings. The molecule has 0 N–H and O–H groups in total. The van der Waals surface area contributed by atoms with E-state index in [1.807, 2.05) is 12.1 Å². The molecule has 3 heterocycles.